The number of hydrogen-bond acceptors (Lipinski definition) is 2. The lowest BCUT2D eigenvalue weighted by Gasteiger charge is -2.23. The van der Waals surface area contributed by atoms with E-state index in [0.29, 0.717) is 5.56 Å². The van der Waals surface area contributed by atoms with E-state index in [1.807, 2.05) is 62.4 Å². The molecule has 0 aliphatic carbocycles. The van der Waals surface area contributed by atoms with Gasteiger partial charge in [0.25, 0.3) is 0 Å². The molecule has 0 unspecified atom stereocenters. The standard InChI is InChI=1S/C20H19NO/c1-4-20(2,3)21-18(16-11-7-5-8-12-16)15-19(22)17-13-9-6-10-14-17/h1,5-15,21H,2-3H3/b18-15-. The van der Waals surface area contributed by atoms with Gasteiger partial charge in [0.2, 0.25) is 0 Å². The van der Waals surface area contributed by atoms with Gasteiger partial charge in [-0.05, 0) is 19.4 Å². The molecule has 0 saturated heterocycles. The van der Waals surface area contributed by atoms with Crippen molar-refractivity contribution in [1.29, 1.82) is 0 Å². The first-order valence-electron chi connectivity index (χ1n) is 7.14. The largest absolute Gasteiger partial charge is 0.369 e. The molecule has 2 nitrogen and oxygen atoms in total. The predicted molar refractivity (Wildman–Crippen MR) is 91.2 cm³/mol. The van der Waals surface area contributed by atoms with Crippen LogP contribution in [0.2, 0.25) is 0 Å². The molecule has 2 aromatic carbocycles. The van der Waals surface area contributed by atoms with Gasteiger partial charge < -0.3 is 5.32 Å². The smallest absolute Gasteiger partial charge is 0.187 e. The number of benzene rings is 2. The van der Waals surface area contributed by atoms with E-state index in [0.717, 1.165) is 11.3 Å². The summed E-state index contributed by atoms with van der Waals surface area (Å²) in [7, 11) is 0. The van der Waals surface area contributed by atoms with E-state index in [1.54, 1.807) is 18.2 Å². The zero-order valence-corrected chi connectivity index (χ0v) is 12.8. The van der Waals surface area contributed by atoms with Gasteiger partial charge in [-0.25, -0.2) is 0 Å². The number of rotatable bonds is 5. The Hall–Kier alpha value is -2.79. The third kappa shape index (κ3) is 4.10. The fraction of sp³-hybridized carbons (Fsp3) is 0.150. The molecule has 0 radical (unpaired) electrons. The molecule has 2 rings (SSSR count). The summed E-state index contributed by atoms with van der Waals surface area (Å²) < 4.78 is 0. The summed E-state index contributed by atoms with van der Waals surface area (Å²) in [6.45, 7) is 3.80. The van der Waals surface area contributed by atoms with Gasteiger partial charge in [-0.15, -0.1) is 6.42 Å². The Morgan fingerprint density at radius 2 is 1.50 bits per heavy atom. The van der Waals surface area contributed by atoms with E-state index in [1.165, 1.54) is 0 Å². The maximum atomic E-state index is 12.4. The summed E-state index contributed by atoms with van der Waals surface area (Å²) >= 11 is 0. The zero-order valence-electron chi connectivity index (χ0n) is 12.8. The second-order valence-electron chi connectivity index (χ2n) is 5.55. The highest BCUT2D eigenvalue weighted by molar-refractivity contribution is 6.08. The van der Waals surface area contributed by atoms with Crippen LogP contribution in [0.4, 0.5) is 0 Å². The number of ketones is 1. The lowest BCUT2D eigenvalue weighted by atomic mass is 10.0. The van der Waals surface area contributed by atoms with Gasteiger partial charge in [-0.2, -0.15) is 0 Å². The highest BCUT2D eigenvalue weighted by atomic mass is 16.1. The van der Waals surface area contributed by atoms with Crippen LogP contribution in [0.15, 0.2) is 66.7 Å². The molecule has 22 heavy (non-hydrogen) atoms. The van der Waals surface area contributed by atoms with Crippen LogP contribution in [-0.4, -0.2) is 11.3 Å². The Labute approximate surface area is 131 Å². The number of carbonyl (C=O) groups is 1. The van der Waals surface area contributed by atoms with E-state index in [4.69, 9.17) is 6.42 Å². The van der Waals surface area contributed by atoms with Crippen LogP contribution in [0, 0.1) is 12.3 Å². The molecule has 0 bridgehead atoms. The van der Waals surface area contributed by atoms with Gasteiger partial charge >= 0.3 is 0 Å². The summed E-state index contributed by atoms with van der Waals surface area (Å²) in [4.78, 5) is 12.4. The summed E-state index contributed by atoms with van der Waals surface area (Å²) in [5.41, 5.74) is 1.75. The van der Waals surface area contributed by atoms with Crippen LogP contribution in [0.1, 0.15) is 29.8 Å². The van der Waals surface area contributed by atoms with Gasteiger partial charge in [-0.1, -0.05) is 66.6 Å². The summed E-state index contributed by atoms with van der Waals surface area (Å²) in [6, 6.07) is 18.9. The van der Waals surface area contributed by atoms with Crippen molar-refractivity contribution in [3.63, 3.8) is 0 Å². The van der Waals surface area contributed by atoms with Crippen molar-refractivity contribution in [3.8, 4) is 12.3 Å². The summed E-state index contributed by atoms with van der Waals surface area (Å²) in [5.74, 6) is 2.64. The van der Waals surface area contributed by atoms with Crippen molar-refractivity contribution in [1.82, 2.24) is 5.32 Å². The molecule has 1 N–H and O–H groups in total. The van der Waals surface area contributed by atoms with Gasteiger partial charge in [0.15, 0.2) is 5.78 Å². The third-order valence-electron chi connectivity index (χ3n) is 3.23. The minimum Gasteiger partial charge on any atom is -0.369 e. The quantitative estimate of drug-likeness (QED) is 0.513. The maximum absolute atomic E-state index is 12.4. The molecule has 0 fully saturated rings. The Morgan fingerprint density at radius 1 is 1.00 bits per heavy atom. The molecule has 0 amide bonds. The topological polar surface area (TPSA) is 29.1 Å². The molecular formula is C20H19NO. The molecule has 0 saturated carbocycles. The second kappa shape index (κ2) is 6.78. The van der Waals surface area contributed by atoms with E-state index in [9.17, 15) is 4.79 Å². The molecule has 0 aliphatic rings. The fourth-order valence-electron chi connectivity index (χ4n) is 2.00. The molecule has 0 aliphatic heterocycles. The lowest BCUT2D eigenvalue weighted by Crippen LogP contribution is -2.36. The number of hydrogen-bond donors (Lipinski definition) is 1. The Kier molecular flexibility index (Phi) is 4.80. The molecule has 0 heterocycles. The van der Waals surface area contributed by atoms with Crippen molar-refractivity contribution >= 4 is 11.5 Å². The van der Waals surface area contributed by atoms with Crippen LogP contribution in [0.25, 0.3) is 5.70 Å². The normalized spacial score (nSPS) is 11.6. The minimum absolute atomic E-state index is 0.0558. The van der Waals surface area contributed by atoms with Gasteiger partial charge in [-0.3, -0.25) is 4.79 Å². The molecule has 2 aromatic rings. The average molecular weight is 289 g/mol. The SMILES string of the molecule is C#CC(C)(C)N/C(=C\C(=O)c1ccccc1)c1ccccc1. The Balaban J connectivity index is 2.39. The zero-order chi connectivity index (χ0) is 16.0. The molecule has 0 atom stereocenters. The van der Waals surface area contributed by atoms with Crippen LogP contribution in [0.3, 0.4) is 0 Å². The van der Waals surface area contributed by atoms with Gasteiger partial charge in [0, 0.05) is 17.3 Å². The van der Waals surface area contributed by atoms with Crippen molar-refractivity contribution in [2.45, 2.75) is 19.4 Å². The third-order valence-corrected chi connectivity index (χ3v) is 3.23. The molecule has 2 heteroatoms. The van der Waals surface area contributed by atoms with Crippen molar-refractivity contribution in [2.75, 3.05) is 0 Å². The Morgan fingerprint density at radius 3 is 2.00 bits per heavy atom. The number of nitrogens with one attached hydrogen (secondary N) is 1. The first-order valence-corrected chi connectivity index (χ1v) is 7.14. The van der Waals surface area contributed by atoms with Crippen molar-refractivity contribution in [2.24, 2.45) is 0 Å². The Bertz CT molecular complexity index is 706. The van der Waals surface area contributed by atoms with Gasteiger partial charge in [0.05, 0.1) is 5.54 Å². The summed E-state index contributed by atoms with van der Waals surface area (Å²) in [6.07, 6.45) is 7.15. The molecular weight excluding hydrogens is 270 g/mol. The van der Waals surface area contributed by atoms with Crippen LogP contribution < -0.4 is 5.32 Å². The highest BCUT2D eigenvalue weighted by Gasteiger charge is 2.16. The highest BCUT2D eigenvalue weighted by Crippen LogP contribution is 2.16. The lowest BCUT2D eigenvalue weighted by molar-refractivity contribution is 0.104. The van der Waals surface area contributed by atoms with Gasteiger partial charge in [0.1, 0.15) is 0 Å². The fourth-order valence-corrected chi connectivity index (χ4v) is 2.00. The monoisotopic (exact) mass is 289 g/mol. The number of terminal acetylenes is 1. The van der Waals surface area contributed by atoms with Crippen LogP contribution in [0.5, 0.6) is 0 Å². The summed E-state index contributed by atoms with van der Waals surface area (Å²) in [5, 5.41) is 3.26. The van der Waals surface area contributed by atoms with Crippen LogP contribution in [-0.2, 0) is 0 Å². The van der Waals surface area contributed by atoms with Crippen molar-refractivity contribution < 1.29 is 4.79 Å². The molecule has 110 valence electrons. The number of carbonyl (C=O) groups excluding carboxylic acids is 1. The van der Waals surface area contributed by atoms with E-state index >= 15 is 0 Å². The van der Waals surface area contributed by atoms with Crippen molar-refractivity contribution in [3.05, 3.63) is 77.9 Å². The van der Waals surface area contributed by atoms with E-state index < -0.39 is 5.54 Å². The predicted octanol–water partition coefficient (Wildman–Crippen LogP) is 3.91. The molecule has 0 aromatic heterocycles. The van der Waals surface area contributed by atoms with Crippen LogP contribution >= 0.6 is 0 Å². The first kappa shape index (κ1) is 15.6. The number of allylic oxidation sites excluding steroid dienone is 1. The first-order chi connectivity index (χ1) is 10.5. The minimum atomic E-state index is -0.543. The maximum Gasteiger partial charge on any atom is 0.187 e. The average Bonchev–Trinajstić information content (AvgIpc) is 2.55. The van der Waals surface area contributed by atoms with E-state index in [2.05, 4.69) is 11.2 Å². The van der Waals surface area contributed by atoms with E-state index in [-0.39, 0.29) is 5.78 Å². The second-order valence-corrected chi connectivity index (χ2v) is 5.55. The molecule has 0 spiro atoms.